The number of carbonyl (C=O) groups excluding carboxylic acids is 1. The molecule has 1 heterocycles. The molecular formula is C20H22FNO4. The number of benzene rings is 1. The van der Waals surface area contributed by atoms with Crippen LogP contribution >= 0.6 is 0 Å². The second kappa shape index (κ2) is 8.17. The highest BCUT2D eigenvalue weighted by Gasteiger charge is 2.35. The number of amides is 1. The molecule has 6 heteroatoms. The van der Waals surface area contributed by atoms with Gasteiger partial charge in [0.1, 0.15) is 23.3 Å². The first-order valence-electron chi connectivity index (χ1n) is 8.90. The monoisotopic (exact) mass is 359 g/mol. The molecule has 1 aromatic heterocycles. The number of halogens is 1. The quantitative estimate of drug-likeness (QED) is 0.765. The summed E-state index contributed by atoms with van der Waals surface area (Å²) < 4.78 is 18.6. The Morgan fingerprint density at radius 3 is 2.46 bits per heavy atom. The molecule has 0 bridgehead atoms. The molecule has 26 heavy (non-hydrogen) atoms. The zero-order chi connectivity index (χ0) is 18.5. The van der Waals surface area contributed by atoms with Crippen LogP contribution in [0.1, 0.15) is 37.9 Å². The van der Waals surface area contributed by atoms with Crippen LogP contribution in [-0.4, -0.2) is 17.0 Å². The highest BCUT2D eigenvalue weighted by molar-refractivity contribution is 5.97. The van der Waals surface area contributed by atoms with Gasteiger partial charge in [0, 0.05) is 5.56 Å². The van der Waals surface area contributed by atoms with Gasteiger partial charge in [0.25, 0.3) is 0 Å². The molecule has 0 spiro atoms. The molecule has 1 aromatic carbocycles. The maximum atomic E-state index is 13.0. The lowest BCUT2D eigenvalue weighted by atomic mass is 9.79. The van der Waals surface area contributed by atoms with Gasteiger partial charge in [0.2, 0.25) is 5.91 Å². The van der Waals surface area contributed by atoms with Gasteiger partial charge in [-0.05, 0) is 55.2 Å². The van der Waals surface area contributed by atoms with E-state index in [1.54, 1.807) is 24.3 Å². The van der Waals surface area contributed by atoms with E-state index in [1.165, 1.54) is 12.1 Å². The summed E-state index contributed by atoms with van der Waals surface area (Å²) in [7, 11) is 0. The minimum absolute atomic E-state index is 0.104. The van der Waals surface area contributed by atoms with Crippen molar-refractivity contribution < 1.29 is 23.5 Å². The van der Waals surface area contributed by atoms with E-state index in [0.717, 1.165) is 37.7 Å². The van der Waals surface area contributed by atoms with E-state index in [4.69, 9.17) is 4.42 Å². The van der Waals surface area contributed by atoms with E-state index < -0.39 is 17.8 Å². The van der Waals surface area contributed by atoms with E-state index in [0.29, 0.717) is 11.5 Å². The normalized spacial score (nSPS) is 16.2. The number of aliphatic carboxylic acids is 1. The maximum absolute atomic E-state index is 13.0. The topological polar surface area (TPSA) is 79.5 Å². The van der Waals surface area contributed by atoms with Crippen LogP contribution in [0.25, 0.3) is 11.3 Å². The lowest BCUT2D eigenvalue weighted by Crippen LogP contribution is -2.40. The largest absolute Gasteiger partial charge is 0.481 e. The van der Waals surface area contributed by atoms with Crippen molar-refractivity contribution in [1.29, 1.82) is 0 Å². The molecule has 1 aliphatic carbocycles. The van der Waals surface area contributed by atoms with E-state index in [2.05, 4.69) is 5.32 Å². The average Bonchev–Trinajstić information content (AvgIpc) is 3.10. The Morgan fingerprint density at radius 1 is 1.12 bits per heavy atom. The first kappa shape index (κ1) is 18.2. The summed E-state index contributed by atoms with van der Waals surface area (Å²) in [5.41, 5.74) is 0.731. The van der Waals surface area contributed by atoms with Gasteiger partial charge in [-0.15, -0.1) is 0 Å². The molecule has 0 radical (unpaired) electrons. The Bertz CT molecular complexity index is 762. The Kier molecular flexibility index (Phi) is 5.71. The lowest BCUT2D eigenvalue weighted by Gasteiger charge is -2.26. The lowest BCUT2D eigenvalue weighted by molar-refractivity contribution is -0.150. The van der Waals surface area contributed by atoms with Crippen LogP contribution < -0.4 is 5.32 Å². The van der Waals surface area contributed by atoms with Gasteiger partial charge in [0.15, 0.2) is 0 Å². The predicted octanol–water partition coefficient (Wildman–Crippen LogP) is 3.98. The number of carboxylic acids is 1. The molecular weight excluding hydrogens is 337 g/mol. The highest BCUT2D eigenvalue weighted by Crippen LogP contribution is 2.30. The van der Waals surface area contributed by atoms with Crippen LogP contribution in [0.15, 0.2) is 40.8 Å². The summed E-state index contributed by atoms with van der Waals surface area (Å²) in [6.45, 7) is 0.122. The molecule has 0 unspecified atom stereocenters. The molecule has 0 aliphatic heterocycles. The van der Waals surface area contributed by atoms with Crippen molar-refractivity contribution >= 4 is 11.9 Å². The van der Waals surface area contributed by atoms with Crippen molar-refractivity contribution in [3.63, 3.8) is 0 Å². The molecule has 1 amide bonds. The second-order valence-corrected chi connectivity index (χ2v) is 6.70. The van der Waals surface area contributed by atoms with Crippen molar-refractivity contribution in [2.24, 2.45) is 11.8 Å². The second-order valence-electron chi connectivity index (χ2n) is 6.70. The van der Waals surface area contributed by atoms with Gasteiger partial charge in [-0.2, -0.15) is 0 Å². The Balaban J connectivity index is 1.61. The first-order chi connectivity index (χ1) is 12.5. The molecule has 2 aromatic rings. The summed E-state index contributed by atoms with van der Waals surface area (Å²) in [5.74, 6) is -1.89. The van der Waals surface area contributed by atoms with Gasteiger partial charge >= 0.3 is 5.97 Å². The average molecular weight is 359 g/mol. The maximum Gasteiger partial charge on any atom is 0.316 e. The van der Waals surface area contributed by atoms with Gasteiger partial charge in [-0.25, -0.2) is 4.39 Å². The third-order valence-electron chi connectivity index (χ3n) is 4.90. The highest BCUT2D eigenvalue weighted by atomic mass is 19.1. The summed E-state index contributed by atoms with van der Waals surface area (Å²) in [4.78, 5) is 23.9. The molecule has 1 atom stereocenters. The summed E-state index contributed by atoms with van der Waals surface area (Å²) in [6.07, 6.45) is 4.60. The summed E-state index contributed by atoms with van der Waals surface area (Å²) in [5, 5.41) is 12.1. The number of nitrogens with one attached hydrogen (secondary N) is 1. The minimum Gasteiger partial charge on any atom is -0.481 e. The molecule has 1 saturated carbocycles. The van der Waals surface area contributed by atoms with Gasteiger partial charge in [-0.1, -0.05) is 19.3 Å². The van der Waals surface area contributed by atoms with Crippen molar-refractivity contribution in [2.45, 2.75) is 38.6 Å². The third-order valence-corrected chi connectivity index (χ3v) is 4.90. The van der Waals surface area contributed by atoms with Gasteiger partial charge in [-0.3, -0.25) is 9.59 Å². The Hall–Kier alpha value is -2.63. The van der Waals surface area contributed by atoms with E-state index >= 15 is 0 Å². The summed E-state index contributed by atoms with van der Waals surface area (Å²) in [6, 6.07) is 9.38. The zero-order valence-corrected chi connectivity index (χ0v) is 14.4. The molecule has 0 saturated heterocycles. The van der Waals surface area contributed by atoms with Gasteiger partial charge < -0.3 is 14.8 Å². The molecule has 1 fully saturated rings. The van der Waals surface area contributed by atoms with Crippen molar-refractivity contribution in [3.8, 4) is 11.3 Å². The van der Waals surface area contributed by atoms with Crippen LogP contribution in [0.4, 0.5) is 4.39 Å². The molecule has 1 aliphatic rings. The minimum atomic E-state index is -1.07. The van der Waals surface area contributed by atoms with Gasteiger partial charge in [0.05, 0.1) is 6.54 Å². The Morgan fingerprint density at radius 2 is 1.81 bits per heavy atom. The van der Waals surface area contributed by atoms with Crippen molar-refractivity contribution in [1.82, 2.24) is 5.32 Å². The van der Waals surface area contributed by atoms with E-state index in [-0.39, 0.29) is 18.3 Å². The van der Waals surface area contributed by atoms with Crippen LogP contribution in [0.5, 0.6) is 0 Å². The zero-order valence-electron chi connectivity index (χ0n) is 14.4. The van der Waals surface area contributed by atoms with Crippen molar-refractivity contribution in [2.75, 3.05) is 0 Å². The molecule has 138 valence electrons. The number of hydrogen-bond donors (Lipinski definition) is 2. The number of carbonyl (C=O) groups is 2. The number of rotatable bonds is 6. The summed E-state index contributed by atoms with van der Waals surface area (Å²) >= 11 is 0. The fourth-order valence-corrected chi connectivity index (χ4v) is 3.52. The number of carboxylic acid groups (broad SMARTS) is 1. The molecule has 2 N–H and O–H groups in total. The van der Waals surface area contributed by atoms with Crippen LogP contribution in [-0.2, 0) is 16.1 Å². The predicted molar refractivity (Wildman–Crippen MR) is 93.6 cm³/mol. The number of furan rings is 1. The standard InChI is InChI=1S/C20H22FNO4/c21-15-8-6-13(7-9-15)17-11-10-16(26-17)12-22-19(23)18(20(24)25)14-4-2-1-3-5-14/h6-11,14,18H,1-5,12H2,(H,22,23)(H,24,25)/t18-/m1/s1. The van der Waals surface area contributed by atoms with Crippen LogP contribution in [0.3, 0.4) is 0 Å². The fraction of sp³-hybridized carbons (Fsp3) is 0.400. The molecule has 5 nitrogen and oxygen atoms in total. The Labute approximate surface area is 151 Å². The van der Waals surface area contributed by atoms with Crippen LogP contribution in [0, 0.1) is 17.7 Å². The first-order valence-corrected chi connectivity index (χ1v) is 8.90. The molecule has 3 rings (SSSR count). The number of hydrogen-bond acceptors (Lipinski definition) is 3. The van der Waals surface area contributed by atoms with Crippen LogP contribution in [0.2, 0.25) is 0 Å². The fourth-order valence-electron chi connectivity index (χ4n) is 3.52. The van der Waals surface area contributed by atoms with Crippen molar-refractivity contribution in [3.05, 3.63) is 48.0 Å². The van der Waals surface area contributed by atoms with E-state index in [1.807, 2.05) is 0 Å². The smallest absolute Gasteiger partial charge is 0.316 e. The third kappa shape index (κ3) is 4.31. The SMILES string of the molecule is O=C(O)[C@@H](C(=O)NCc1ccc(-c2ccc(F)cc2)o1)C1CCCCC1. The van der Waals surface area contributed by atoms with E-state index in [9.17, 15) is 19.1 Å².